The molecular formula is C13H11ClN2O4S. The average molecular weight is 327 g/mol. The monoisotopic (exact) mass is 326 g/mol. The molecule has 4 N–H and O–H groups in total. The molecule has 0 aliphatic rings. The predicted octanol–water partition coefficient (Wildman–Crippen LogP) is 1.95. The number of anilines is 1. The van der Waals surface area contributed by atoms with Gasteiger partial charge < -0.3 is 10.4 Å². The number of nitrogens with two attached hydrogens (primary N) is 1. The van der Waals surface area contributed by atoms with Crippen molar-refractivity contribution < 1.29 is 18.3 Å². The molecule has 110 valence electrons. The third-order valence-electron chi connectivity index (χ3n) is 2.65. The van der Waals surface area contributed by atoms with Crippen LogP contribution in [-0.4, -0.2) is 19.4 Å². The van der Waals surface area contributed by atoms with Crippen LogP contribution >= 0.6 is 11.6 Å². The Bertz CT molecular complexity index is 806. The molecule has 2 rings (SSSR count). The number of benzene rings is 2. The number of halogens is 1. The third-order valence-corrected chi connectivity index (χ3v) is 3.85. The maximum absolute atomic E-state index is 12.1. The van der Waals surface area contributed by atoms with E-state index in [4.69, 9.17) is 16.7 Å². The summed E-state index contributed by atoms with van der Waals surface area (Å²) in [6, 6.07) is 9.66. The number of amides is 1. The zero-order valence-corrected chi connectivity index (χ0v) is 12.1. The lowest BCUT2D eigenvalue weighted by Gasteiger charge is -2.10. The van der Waals surface area contributed by atoms with Gasteiger partial charge in [0.2, 0.25) is 10.0 Å². The Balaban J connectivity index is 2.37. The first-order chi connectivity index (χ1) is 9.79. The number of aromatic hydroxyl groups is 1. The summed E-state index contributed by atoms with van der Waals surface area (Å²) in [6.07, 6.45) is 0. The molecule has 0 aromatic heterocycles. The average Bonchev–Trinajstić information content (AvgIpc) is 2.37. The van der Waals surface area contributed by atoms with Crippen LogP contribution in [0.5, 0.6) is 5.75 Å². The van der Waals surface area contributed by atoms with Crippen molar-refractivity contribution in [1.29, 1.82) is 0 Å². The number of para-hydroxylation sites is 1. The molecule has 0 saturated carbocycles. The summed E-state index contributed by atoms with van der Waals surface area (Å²) in [5.74, 6) is -0.992. The van der Waals surface area contributed by atoms with E-state index in [0.29, 0.717) is 0 Å². The van der Waals surface area contributed by atoms with Crippen LogP contribution < -0.4 is 10.5 Å². The molecule has 8 heteroatoms. The van der Waals surface area contributed by atoms with E-state index in [2.05, 4.69) is 5.32 Å². The van der Waals surface area contributed by atoms with Crippen LogP contribution in [0.15, 0.2) is 47.4 Å². The molecule has 6 nitrogen and oxygen atoms in total. The second-order valence-electron chi connectivity index (χ2n) is 4.16. The van der Waals surface area contributed by atoms with Crippen LogP contribution in [0.2, 0.25) is 5.02 Å². The van der Waals surface area contributed by atoms with Gasteiger partial charge in [-0.2, -0.15) is 0 Å². The quantitative estimate of drug-likeness (QED) is 0.800. The zero-order valence-electron chi connectivity index (χ0n) is 10.6. The first-order valence-corrected chi connectivity index (χ1v) is 7.63. The SMILES string of the molecule is NS(=O)(=O)c1ccccc1NC(=O)c1ccc(Cl)cc1O. The Labute approximate surface area is 126 Å². The van der Waals surface area contributed by atoms with Gasteiger partial charge in [-0.3, -0.25) is 4.79 Å². The van der Waals surface area contributed by atoms with Crippen LogP contribution in [0.3, 0.4) is 0 Å². The Kier molecular flexibility index (Phi) is 4.17. The molecular weight excluding hydrogens is 316 g/mol. The van der Waals surface area contributed by atoms with Gasteiger partial charge in [-0.25, -0.2) is 13.6 Å². The van der Waals surface area contributed by atoms with Crippen molar-refractivity contribution in [3.63, 3.8) is 0 Å². The van der Waals surface area contributed by atoms with Crippen molar-refractivity contribution in [2.24, 2.45) is 5.14 Å². The minimum Gasteiger partial charge on any atom is -0.507 e. The molecule has 0 atom stereocenters. The van der Waals surface area contributed by atoms with E-state index in [1.807, 2.05) is 0 Å². The minimum absolute atomic E-state index is 0.0272. The first-order valence-electron chi connectivity index (χ1n) is 5.71. The lowest BCUT2D eigenvalue weighted by molar-refractivity contribution is 0.102. The molecule has 0 unspecified atom stereocenters. The molecule has 0 bridgehead atoms. The summed E-state index contributed by atoms with van der Waals surface area (Å²) in [5.41, 5.74) is -0.0111. The summed E-state index contributed by atoms with van der Waals surface area (Å²) in [6.45, 7) is 0. The minimum atomic E-state index is -3.98. The fourth-order valence-corrected chi connectivity index (χ4v) is 2.56. The lowest BCUT2D eigenvalue weighted by Crippen LogP contribution is -2.18. The Morgan fingerprint density at radius 2 is 1.86 bits per heavy atom. The van der Waals surface area contributed by atoms with Gasteiger partial charge in [0.15, 0.2) is 0 Å². The smallest absolute Gasteiger partial charge is 0.259 e. The summed E-state index contributed by atoms with van der Waals surface area (Å²) in [4.78, 5) is 11.9. The zero-order chi connectivity index (χ0) is 15.6. The van der Waals surface area contributed by atoms with Crippen LogP contribution in [0.25, 0.3) is 0 Å². The Morgan fingerprint density at radius 3 is 2.48 bits per heavy atom. The number of rotatable bonds is 3. The Morgan fingerprint density at radius 1 is 1.19 bits per heavy atom. The summed E-state index contributed by atoms with van der Waals surface area (Å²) in [7, 11) is -3.98. The topological polar surface area (TPSA) is 109 Å². The number of carbonyl (C=O) groups is 1. The molecule has 1 amide bonds. The van der Waals surface area contributed by atoms with Gasteiger partial charge in [-0.15, -0.1) is 0 Å². The van der Waals surface area contributed by atoms with E-state index in [1.54, 1.807) is 6.07 Å². The fourth-order valence-electron chi connectivity index (χ4n) is 1.70. The highest BCUT2D eigenvalue weighted by Gasteiger charge is 2.17. The number of sulfonamides is 1. The molecule has 0 fully saturated rings. The molecule has 0 aliphatic carbocycles. The largest absolute Gasteiger partial charge is 0.507 e. The van der Waals surface area contributed by atoms with Crippen molar-refractivity contribution in [3.8, 4) is 5.75 Å². The third kappa shape index (κ3) is 3.52. The molecule has 0 radical (unpaired) electrons. The number of carbonyl (C=O) groups excluding carboxylic acids is 1. The number of hydrogen-bond donors (Lipinski definition) is 3. The number of phenols is 1. The van der Waals surface area contributed by atoms with Crippen LogP contribution in [0, 0.1) is 0 Å². The van der Waals surface area contributed by atoms with Gasteiger partial charge in [0.1, 0.15) is 10.6 Å². The van der Waals surface area contributed by atoms with Crippen molar-refractivity contribution in [1.82, 2.24) is 0 Å². The highest BCUT2D eigenvalue weighted by molar-refractivity contribution is 7.89. The number of phenolic OH excluding ortho intramolecular Hbond substituents is 1. The van der Waals surface area contributed by atoms with Crippen molar-refractivity contribution in [2.75, 3.05) is 5.32 Å². The Hall–Kier alpha value is -2.09. The number of hydrogen-bond acceptors (Lipinski definition) is 4. The van der Waals surface area contributed by atoms with E-state index in [9.17, 15) is 18.3 Å². The molecule has 2 aromatic carbocycles. The summed E-state index contributed by atoms with van der Waals surface area (Å²) in [5, 5.41) is 17.4. The van der Waals surface area contributed by atoms with Gasteiger partial charge >= 0.3 is 0 Å². The molecule has 2 aromatic rings. The second kappa shape index (κ2) is 5.72. The molecule has 0 spiro atoms. The molecule has 21 heavy (non-hydrogen) atoms. The van der Waals surface area contributed by atoms with E-state index < -0.39 is 15.9 Å². The van der Waals surface area contributed by atoms with E-state index in [0.717, 1.165) is 0 Å². The maximum Gasteiger partial charge on any atom is 0.259 e. The van der Waals surface area contributed by atoms with E-state index in [-0.39, 0.29) is 26.9 Å². The van der Waals surface area contributed by atoms with Gasteiger partial charge in [0, 0.05) is 5.02 Å². The summed E-state index contributed by atoms with van der Waals surface area (Å²) < 4.78 is 22.9. The first kappa shape index (κ1) is 15.3. The fraction of sp³-hybridized carbons (Fsp3) is 0. The van der Waals surface area contributed by atoms with Crippen LogP contribution in [0.1, 0.15) is 10.4 Å². The van der Waals surface area contributed by atoms with Crippen molar-refractivity contribution >= 4 is 33.2 Å². The molecule has 0 saturated heterocycles. The van der Waals surface area contributed by atoms with Gasteiger partial charge in [0.05, 0.1) is 11.3 Å². The highest BCUT2D eigenvalue weighted by Crippen LogP contribution is 2.25. The van der Waals surface area contributed by atoms with E-state index >= 15 is 0 Å². The van der Waals surface area contributed by atoms with Crippen molar-refractivity contribution in [3.05, 3.63) is 53.1 Å². The van der Waals surface area contributed by atoms with Gasteiger partial charge in [0.25, 0.3) is 5.91 Å². The van der Waals surface area contributed by atoms with Crippen LogP contribution in [0.4, 0.5) is 5.69 Å². The molecule has 0 heterocycles. The van der Waals surface area contributed by atoms with Crippen LogP contribution in [-0.2, 0) is 10.0 Å². The standard InChI is InChI=1S/C13H11ClN2O4S/c14-8-5-6-9(11(17)7-8)13(18)16-10-3-1-2-4-12(10)21(15,19)20/h1-7,17H,(H,16,18)(H2,15,19,20). The van der Waals surface area contributed by atoms with E-state index in [1.165, 1.54) is 36.4 Å². The highest BCUT2D eigenvalue weighted by atomic mass is 35.5. The second-order valence-corrected chi connectivity index (χ2v) is 6.12. The molecule has 0 aliphatic heterocycles. The lowest BCUT2D eigenvalue weighted by atomic mass is 10.2. The van der Waals surface area contributed by atoms with Gasteiger partial charge in [-0.1, -0.05) is 23.7 Å². The van der Waals surface area contributed by atoms with Gasteiger partial charge in [-0.05, 0) is 30.3 Å². The maximum atomic E-state index is 12.1. The number of nitrogens with one attached hydrogen (secondary N) is 1. The summed E-state index contributed by atoms with van der Waals surface area (Å²) >= 11 is 5.68. The van der Waals surface area contributed by atoms with Crippen molar-refractivity contribution in [2.45, 2.75) is 4.90 Å². The predicted molar refractivity (Wildman–Crippen MR) is 78.9 cm³/mol. The normalized spacial score (nSPS) is 11.1. The number of primary sulfonamides is 1.